The number of amides is 2. The largest absolute Gasteiger partial charge is 1.00 e. The second-order valence-electron chi connectivity index (χ2n) is 9.52. The van der Waals surface area contributed by atoms with E-state index in [0.717, 1.165) is 25.7 Å². The fourth-order valence-corrected chi connectivity index (χ4v) is 6.29. The fraction of sp³-hybridized carbons (Fsp3) is 0.545. The van der Waals surface area contributed by atoms with Crippen molar-refractivity contribution in [3.8, 4) is 0 Å². The molecule has 1 aromatic carbocycles. The van der Waals surface area contributed by atoms with Gasteiger partial charge in [0.15, 0.2) is 5.71 Å². The molecule has 0 radical (unpaired) electrons. The predicted molar refractivity (Wildman–Crippen MR) is 121 cm³/mol. The quantitative estimate of drug-likeness (QED) is 0.144. The first-order valence-corrected chi connectivity index (χ1v) is 11.8. The van der Waals surface area contributed by atoms with Gasteiger partial charge in [0.1, 0.15) is 17.0 Å². The molecule has 182 valence electrons. The van der Waals surface area contributed by atoms with Crippen LogP contribution < -0.4 is 40.0 Å². The SMILES string of the molecule is CC1(O/N=C(\C(=O)N[C@@H]2C(=O)N3[C@@H]2SC(C)(C)[C@@H]3C(=O)[O-])c2ccc([N+](=O)[O-])cc2)CCCC1.[Na+]. The third kappa shape index (κ3) is 5.20. The van der Waals surface area contributed by atoms with Gasteiger partial charge in [-0.25, -0.2) is 0 Å². The number of rotatable bonds is 7. The molecule has 11 nitrogen and oxygen atoms in total. The molecule has 0 unspecified atom stereocenters. The summed E-state index contributed by atoms with van der Waals surface area (Å²) in [6.07, 6.45) is 3.51. The van der Waals surface area contributed by atoms with Gasteiger partial charge in [0, 0.05) is 22.4 Å². The number of nitro groups is 1. The van der Waals surface area contributed by atoms with Crippen LogP contribution in [0.4, 0.5) is 5.69 Å². The Balaban J connectivity index is 0.00000342. The zero-order chi connectivity index (χ0) is 24.8. The van der Waals surface area contributed by atoms with Crippen molar-refractivity contribution >= 4 is 40.9 Å². The summed E-state index contributed by atoms with van der Waals surface area (Å²) >= 11 is 1.28. The molecule has 1 aromatic rings. The fourth-order valence-electron chi connectivity index (χ4n) is 4.67. The van der Waals surface area contributed by atoms with E-state index in [1.807, 2.05) is 6.92 Å². The van der Waals surface area contributed by atoms with Crippen LogP contribution in [-0.4, -0.2) is 61.1 Å². The van der Waals surface area contributed by atoms with E-state index >= 15 is 0 Å². The van der Waals surface area contributed by atoms with E-state index in [-0.39, 0.29) is 41.0 Å². The summed E-state index contributed by atoms with van der Waals surface area (Å²) in [5.41, 5.74) is -0.495. The molecular formula is C22H25N4NaO7S. The topological polar surface area (TPSA) is 154 Å². The number of hydrogen-bond acceptors (Lipinski definition) is 9. The van der Waals surface area contributed by atoms with Gasteiger partial charge in [0.05, 0.1) is 16.9 Å². The summed E-state index contributed by atoms with van der Waals surface area (Å²) in [5.74, 6) is -2.55. The van der Waals surface area contributed by atoms with Gasteiger partial charge in [-0.05, 0) is 58.6 Å². The number of carboxylic acids is 1. The number of oxime groups is 1. The van der Waals surface area contributed by atoms with Crippen LogP contribution in [0.3, 0.4) is 0 Å². The molecule has 0 spiro atoms. The zero-order valence-electron chi connectivity index (χ0n) is 20.0. The van der Waals surface area contributed by atoms with Crippen molar-refractivity contribution in [1.82, 2.24) is 10.2 Å². The van der Waals surface area contributed by atoms with Crippen molar-refractivity contribution in [2.45, 2.75) is 74.3 Å². The Morgan fingerprint density at radius 2 is 1.80 bits per heavy atom. The molecule has 3 atom stereocenters. The first-order valence-electron chi connectivity index (χ1n) is 11.0. The van der Waals surface area contributed by atoms with Crippen LogP contribution in [0.25, 0.3) is 0 Å². The minimum absolute atomic E-state index is 0. The van der Waals surface area contributed by atoms with E-state index < -0.39 is 50.5 Å². The Morgan fingerprint density at radius 1 is 1.20 bits per heavy atom. The van der Waals surface area contributed by atoms with Crippen LogP contribution in [-0.2, 0) is 19.2 Å². The van der Waals surface area contributed by atoms with Crippen LogP contribution in [0, 0.1) is 10.1 Å². The average molecular weight is 513 g/mol. The number of β-lactam (4-membered cyclic amide) rings is 1. The van der Waals surface area contributed by atoms with Crippen LogP contribution in [0.1, 0.15) is 52.0 Å². The van der Waals surface area contributed by atoms with Crippen molar-refractivity contribution in [1.29, 1.82) is 0 Å². The number of nitrogens with one attached hydrogen (secondary N) is 1. The summed E-state index contributed by atoms with van der Waals surface area (Å²) in [6.45, 7) is 5.32. The van der Waals surface area contributed by atoms with Crippen LogP contribution in [0.2, 0.25) is 0 Å². The van der Waals surface area contributed by atoms with Gasteiger partial charge < -0.3 is 25.0 Å². The van der Waals surface area contributed by atoms with Gasteiger partial charge in [-0.2, -0.15) is 0 Å². The van der Waals surface area contributed by atoms with E-state index in [2.05, 4.69) is 10.5 Å². The number of benzene rings is 1. The first-order chi connectivity index (χ1) is 15.9. The number of nitro benzene ring substituents is 1. The second-order valence-corrected chi connectivity index (χ2v) is 11.3. The number of carbonyl (C=O) groups is 3. The van der Waals surface area contributed by atoms with Gasteiger partial charge in [-0.3, -0.25) is 19.7 Å². The summed E-state index contributed by atoms with van der Waals surface area (Å²) in [4.78, 5) is 55.0. The molecular weight excluding hydrogens is 487 g/mol. The van der Waals surface area contributed by atoms with Gasteiger partial charge in [0.25, 0.3) is 11.6 Å². The number of aliphatic carboxylic acids is 1. The van der Waals surface area contributed by atoms with Crippen molar-refractivity contribution in [2.75, 3.05) is 0 Å². The predicted octanol–water partition coefficient (Wildman–Crippen LogP) is -2.05. The maximum absolute atomic E-state index is 13.2. The number of hydrogen-bond donors (Lipinski definition) is 1. The number of non-ortho nitro benzene ring substituents is 1. The molecule has 0 bridgehead atoms. The summed E-state index contributed by atoms with van der Waals surface area (Å²) < 4.78 is -0.784. The van der Waals surface area contributed by atoms with Gasteiger partial charge in [0.2, 0.25) is 5.91 Å². The number of carbonyl (C=O) groups excluding carboxylic acids is 3. The summed E-state index contributed by atoms with van der Waals surface area (Å²) in [7, 11) is 0. The maximum Gasteiger partial charge on any atom is 1.00 e. The molecule has 2 heterocycles. The van der Waals surface area contributed by atoms with Crippen molar-refractivity contribution in [2.24, 2.45) is 5.16 Å². The normalized spacial score (nSPS) is 26.3. The monoisotopic (exact) mass is 512 g/mol. The Morgan fingerprint density at radius 3 is 2.34 bits per heavy atom. The zero-order valence-corrected chi connectivity index (χ0v) is 22.8. The van der Waals surface area contributed by atoms with E-state index in [1.54, 1.807) is 13.8 Å². The Labute approximate surface area is 228 Å². The molecule has 2 aliphatic heterocycles. The van der Waals surface area contributed by atoms with Crippen molar-refractivity contribution in [3.05, 3.63) is 39.9 Å². The third-order valence-corrected chi connectivity index (χ3v) is 8.11. The third-order valence-electron chi connectivity index (χ3n) is 6.54. The standard InChI is InChI=1S/C22H26N4O7S.Na/c1-21(2)16(20(29)30)25-18(28)15(19(25)34-21)23-17(27)14(24-33-22(3)10-4-5-11-22)12-6-8-13(9-7-12)26(31)32;/h6-9,15-16,19H,4-5,10-11H2,1-3H3,(H,23,27)(H,29,30);/q;+1/p-1/b24-14-;/t15-,16+,19-;/m1./s1. The Hall–Kier alpha value is -2.15. The maximum atomic E-state index is 13.2. The van der Waals surface area contributed by atoms with Crippen molar-refractivity contribution in [3.63, 3.8) is 0 Å². The number of thioether (sulfide) groups is 1. The number of fused-ring (bicyclic) bond motifs is 1. The van der Waals surface area contributed by atoms with E-state index in [4.69, 9.17) is 4.84 Å². The molecule has 1 saturated carbocycles. The van der Waals surface area contributed by atoms with Crippen LogP contribution in [0.15, 0.2) is 29.4 Å². The molecule has 2 saturated heterocycles. The van der Waals surface area contributed by atoms with Gasteiger partial charge in [-0.1, -0.05) is 5.16 Å². The number of nitrogens with zero attached hydrogens (tertiary/aromatic N) is 3. The van der Waals surface area contributed by atoms with Gasteiger partial charge in [-0.15, -0.1) is 11.8 Å². The molecule has 13 heteroatoms. The summed E-state index contributed by atoms with van der Waals surface area (Å²) in [5, 5.41) is 28.8. The Bertz CT molecular complexity index is 1070. The average Bonchev–Trinajstić information content (AvgIpc) is 3.31. The molecule has 35 heavy (non-hydrogen) atoms. The van der Waals surface area contributed by atoms with E-state index in [0.29, 0.717) is 5.56 Å². The minimum atomic E-state index is -1.34. The molecule has 1 aliphatic carbocycles. The molecule has 4 rings (SSSR count). The molecule has 3 fully saturated rings. The smallest absolute Gasteiger partial charge is 0.548 e. The second kappa shape index (κ2) is 10.1. The molecule has 1 N–H and O–H groups in total. The van der Waals surface area contributed by atoms with Crippen LogP contribution >= 0.6 is 11.8 Å². The van der Waals surface area contributed by atoms with Crippen molar-refractivity contribution < 1.29 is 58.8 Å². The molecule has 3 aliphatic rings. The van der Waals surface area contributed by atoms with Gasteiger partial charge >= 0.3 is 29.6 Å². The van der Waals surface area contributed by atoms with E-state index in [1.165, 1.54) is 40.9 Å². The molecule has 2 amide bonds. The number of carboxylic acid groups (broad SMARTS) is 1. The summed E-state index contributed by atoms with van der Waals surface area (Å²) in [6, 6.07) is 3.26. The Kier molecular flexibility index (Phi) is 7.90. The van der Waals surface area contributed by atoms with E-state index in [9.17, 15) is 29.6 Å². The minimum Gasteiger partial charge on any atom is -0.548 e. The van der Waals surface area contributed by atoms with Crippen LogP contribution in [0.5, 0.6) is 0 Å². The first kappa shape index (κ1) is 27.4. The molecule has 0 aromatic heterocycles.